The number of nitrogens with zero attached hydrogens (tertiary/aromatic N) is 2. The van der Waals surface area contributed by atoms with Crippen molar-refractivity contribution in [3.8, 4) is 0 Å². The molecule has 2 rings (SSSR count). The largest absolute Gasteiger partial charge is 0.365 e. The number of hydrogen-bond acceptors (Lipinski definition) is 3. The van der Waals surface area contributed by atoms with E-state index in [9.17, 15) is 13.6 Å². The molecule has 0 amide bonds. The van der Waals surface area contributed by atoms with E-state index in [0.717, 1.165) is 12.5 Å². The number of benzene rings is 1. The minimum absolute atomic E-state index is 0.0800. The van der Waals surface area contributed by atoms with E-state index in [1.165, 1.54) is 18.2 Å². The number of rotatable bonds is 3. The standard InChI is InChI=1S/C12H5Cl3F2N2O/c13-8-2-1-6(3-9(8)14)10(20)7-4-18-5-19-11(7)12(15,16)17/h1-5H. The predicted octanol–water partition coefficient (Wildman–Crippen LogP) is 4.30. The Bertz CT molecular complexity index is 674. The lowest BCUT2D eigenvalue weighted by atomic mass is 10.0. The minimum Gasteiger partial charge on any atom is -0.288 e. The van der Waals surface area contributed by atoms with Gasteiger partial charge in [0, 0.05) is 11.8 Å². The second-order valence-corrected chi connectivity index (χ2v) is 5.03. The van der Waals surface area contributed by atoms with Crippen molar-refractivity contribution in [2.75, 3.05) is 0 Å². The van der Waals surface area contributed by atoms with Gasteiger partial charge in [-0.25, -0.2) is 9.97 Å². The summed E-state index contributed by atoms with van der Waals surface area (Å²) >= 11 is 16.4. The van der Waals surface area contributed by atoms with Crippen LogP contribution in [0.4, 0.5) is 8.78 Å². The van der Waals surface area contributed by atoms with Crippen LogP contribution in [0.15, 0.2) is 30.7 Å². The lowest BCUT2D eigenvalue weighted by Gasteiger charge is -2.11. The number of carbonyl (C=O) groups is 1. The minimum atomic E-state index is -3.77. The van der Waals surface area contributed by atoms with Gasteiger partial charge in [-0.1, -0.05) is 23.2 Å². The van der Waals surface area contributed by atoms with E-state index in [-0.39, 0.29) is 15.6 Å². The third-order valence-electron chi connectivity index (χ3n) is 2.41. The Morgan fingerprint density at radius 1 is 1.20 bits per heavy atom. The Kier molecular flexibility index (Phi) is 4.22. The van der Waals surface area contributed by atoms with Crippen molar-refractivity contribution in [1.82, 2.24) is 9.97 Å². The maximum atomic E-state index is 13.2. The van der Waals surface area contributed by atoms with Crippen LogP contribution in [0.3, 0.4) is 0 Å². The molecule has 0 spiro atoms. The maximum Gasteiger partial charge on any atom is 0.365 e. The number of ketones is 1. The first-order valence-corrected chi connectivity index (χ1v) is 6.31. The highest BCUT2D eigenvalue weighted by Gasteiger charge is 2.35. The Labute approximate surface area is 127 Å². The van der Waals surface area contributed by atoms with Gasteiger partial charge < -0.3 is 0 Å². The van der Waals surface area contributed by atoms with Gasteiger partial charge in [-0.3, -0.25) is 4.79 Å². The van der Waals surface area contributed by atoms with Gasteiger partial charge in [0.25, 0.3) is 0 Å². The second kappa shape index (κ2) is 5.60. The first-order chi connectivity index (χ1) is 9.30. The molecule has 0 saturated heterocycles. The van der Waals surface area contributed by atoms with Gasteiger partial charge in [0.05, 0.1) is 15.6 Å². The summed E-state index contributed by atoms with van der Waals surface area (Å²) in [6, 6.07) is 4.02. The highest BCUT2D eigenvalue weighted by Crippen LogP contribution is 2.34. The molecule has 1 aromatic carbocycles. The van der Waals surface area contributed by atoms with Crippen LogP contribution in [0.5, 0.6) is 0 Å². The third-order valence-corrected chi connectivity index (χ3v) is 3.33. The van der Waals surface area contributed by atoms with Crippen LogP contribution in [-0.4, -0.2) is 15.8 Å². The van der Waals surface area contributed by atoms with Crippen molar-refractivity contribution in [3.05, 3.63) is 57.6 Å². The second-order valence-electron chi connectivity index (χ2n) is 3.74. The molecule has 8 heteroatoms. The topological polar surface area (TPSA) is 42.9 Å². The first-order valence-electron chi connectivity index (χ1n) is 5.17. The molecule has 0 unspecified atom stereocenters. The summed E-state index contributed by atoms with van der Waals surface area (Å²) in [7, 11) is 0. The molecule has 0 N–H and O–H groups in total. The van der Waals surface area contributed by atoms with Crippen molar-refractivity contribution >= 4 is 40.6 Å². The molecule has 0 atom stereocenters. The fourth-order valence-corrected chi connectivity index (χ4v) is 1.96. The van der Waals surface area contributed by atoms with Crippen LogP contribution in [-0.2, 0) is 5.38 Å². The molecule has 0 aliphatic carbocycles. The highest BCUT2D eigenvalue weighted by atomic mass is 35.5. The summed E-state index contributed by atoms with van der Waals surface area (Å²) in [6.45, 7) is 0. The van der Waals surface area contributed by atoms with E-state index in [2.05, 4.69) is 9.97 Å². The van der Waals surface area contributed by atoms with Crippen LogP contribution >= 0.6 is 34.8 Å². The predicted molar refractivity (Wildman–Crippen MR) is 71.7 cm³/mol. The third kappa shape index (κ3) is 3.06. The summed E-state index contributed by atoms with van der Waals surface area (Å²) in [5.74, 6) is -0.723. The SMILES string of the molecule is O=C(c1ccc(Cl)c(Cl)c1)c1cncnc1C(F)(F)Cl. The zero-order chi connectivity index (χ0) is 14.9. The number of halogens is 5. The molecule has 20 heavy (non-hydrogen) atoms. The fourth-order valence-electron chi connectivity index (χ4n) is 1.51. The van der Waals surface area contributed by atoms with E-state index in [1.807, 2.05) is 0 Å². The van der Waals surface area contributed by atoms with Crippen molar-refractivity contribution in [1.29, 1.82) is 0 Å². The van der Waals surface area contributed by atoms with Crippen LogP contribution in [0.25, 0.3) is 0 Å². The van der Waals surface area contributed by atoms with Crippen LogP contribution in [0.1, 0.15) is 21.6 Å². The zero-order valence-electron chi connectivity index (χ0n) is 9.58. The van der Waals surface area contributed by atoms with Crippen molar-refractivity contribution in [2.45, 2.75) is 5.38 Å². The zero-order valence-corrected chi connectivity index (χ0v) is 11.8. The van der Waals surface area contributed by atoms with E-state index in [1.54, 1.807) is 0 Å². The molecule has 3 nitrogen and oxygen atoms in total. The Morgan fingerprint density at radius 2 is 1.90 bits per heavy atom. The van der Waals surface area contributed by atoms with Gasteiger partial charge in [0.15, 0.2) is 5.78 Å². The summed E-state index contributed by atoms with van der Waals surface area (Å²) in [6.07, 6.45) is 1.86. The van der Waals surface area contributed by atoms with Crippen molar-refractivity contribution < 1.29 is 13.6 Å². The Hall–Kier alpha value is -1.30. The van der Waals surface area contributed by atoms with E-state index >= 15 is 0 Å². The number of alkyl halides is 3. The van der Waals surface area contributed by atoms with Crippen LogP contribution in [0.2, 0.25) is 10.0 Å². The van der Waals surface area contributed by atoms with Gasteiger partial charge in [0.2, 0.25) is 0 Å². The molecule has 0 aliphatic rings. The smallest absolute Gasteiger partial charge is 0.288 e. The highest BCUT2D eigenvalue weighted by molar-refractivity contribution is 6.42. The monoisotopic (exact) mass is 336 g/mol. The Balaban J connectivity index is 2.51. The van der Waals surface area contributed by atoms with Crippen molar-refractivity contribution in [2.24, 2.45) is 0 Å². The molecule has 2 aromatic rings. The van der Waals surface area contributed by atoms with E-state index < -0.39 is 22.4 Å². The normalized spacial score (nSPS) is 11.4. The molecule has 0 fully saturated rings. The molecular formula is C12H5Cl3F2N2O. The molecule has 0 radical (unpaired) electrons. The molecule has 0 saturated carbocycles. The van der Waals surface area contributed by atoms with Crippen LogP contribution in [0, 0.1) is 0 Å². The lowest BCUT2D eigenvalue weighted by molar-refractivity contribution is 0.0852. The lowest BCUT2D eigenvalue weighted by Crippen LogP contribution is -2.15. The quantitative estimate of drug-likeness (QED) is 0.619. The maximum absolute atomic E-state index is 13.2. The first kappa shape index (κ1) is 15.1. The van der Waals surface area contributed by atoms with Gasteiger partial charge in [-0.15, -0.1) is 0 Å². The summed E-state index contributed by atoms with van der Waals surface area (Å²) in [5.41, 5.74) is -1.17. The fraction of sp³-hybridized carbons (Fsp3) is 0.0833. The van der Waals surface area contributed by atoms with Gasteiger partial charge in [0.1, 0.15) is 12.0 Å². The summed E-state index contributed by atoms with van der Waals surface area (Å²) in [5, 5.41) is -3.39. The number of carbonyl (C=O) groups excluding carboxylic acids is 1. The van der Waals surface area contributed by atoms with E-state index in [0.29, 0.717) is 0 Å². The average Bonchev–Trinajstić information content (AvgIpc) is 2.40. The molecule has 1 heterocycles. The van der Waals surface area contributed by atoms with Gasteiger partial charge in [-0.2, -0.15) is 8.78 Å². The van der Waals surface area contributed by atoms with Crippen LogP contribution < -0.4 is 0 Å². The molecule has 104 valence electrons. The van der Waals surface area contributed by atoms with Gasteiger partial charge in [-0.05, 0) is 29.8 Å². The number of aromatic nitrogens is 2. The molecule has 0 aliphatic heterocycles. The van der Waals surface area contributed by atoms with Crippen molar-refractivity contribution in [3.63, 3.8) is 0 Å². The molecule has 1 aromatic heterocycles. The average molecular weight is 338 g/mol. The summed E-state index contributed by atoms with van der Waals surface area (Å²) in [4.78, 5) is 19.1. The van der Waals surface area contributed by atoms with Gasteiger partial charge >= 0.3 is 5.38 Å². The molecule has 0 bridgehead atoms. The van der Waals surface area contributed by atoms with E-state index in [4.69, 9.17) is 34.8 Å². The summed E-state index contributed by atoms with van der Waals surface area (Å²) < 4.78 is 26.4. The Morgan fingerprint density at radius 3 is 2.50 bits per heavy atom. The number of hydrogen-bond donors (Lipinski definition) is 0. The molecular weight excluding hydrogens is 332 g/mol.